The molecule has 336 valence electrons. The Morgan fingerprint density at radius 1 is 0.632 bits per heavy atom. The van der Waals surface area contributed by atoms with Gasteiger partial charge in [-0.15, -0.1) is 0 Å². The van der Waals surface area contributed by atoms with Crippen LogP contribution in [0, 0.1) is 0 Å². The second kappa shape index (κ2) is 35.5. The van der Waals surface area contributed by atoms with Gasteiger partial charge in [-0.25, -0.2) is 4.57 Å². The van der Waals surface area contributed by atoms with Gasteiger partial charge >= 0.3 is 19.8 Å². The van der Waals surface area contributed by atoms with E-state index >= 15 is 0 Å². The van der Waals surface area contributed by atoms with E-state index in [4.69, 9.17) is 23.3 Å². The van der Waals surface area contributed by atoms with Crippen LogP contribution in [0.3, 0.4) is 0 Å². The lowest BCUT2D eigenvalue weighted by Crippen LogP contribution is -2.37. The zero-order valence-electron chi connectivity index (χ0n) is 37.5. The number of ether oxygens (including phenoxy) is 3. The summed E-state index contributed by atoms with van der Waals surface area (Å²) >= 11 is 0. The Labute approximate surface area is 350 Å². The number of carbonyl (C=O) groups is 2. The summed E-state index contributed by atoms with van der Waals surface area (Å²) in [4.78, 5) is 35.4. The van der Waals surface area contributed by atoms with E-state index in [9.17, 15) is 19.0 Å². The monoisotopic (exact) mass is 831 g/mol. The van der Waals surface area contributed by atoms with Gasteiger partial charge in [0.15, 0.2) is 6.10 Å². The van der Waals surface area contributed by atoms with E-state index in [1.807, 2.05) is 21.1 Å². The molecule has 3 unspecified atom stereocenters. The third-order valence-electron chi connectivity index (χ3n) is 10.7. The zero-order valence-corrected chi connectivity index (χ0v) is 38.4. The van der Waals surface area contributed by atoms with Crippen molar-refractivity contribution in [3.8, 4) is 0 Å². The van der Waals surface area contributed by atoms with E-state index in [2.05, 4.69) is 26.0 Å². The summed E-state index contributed by atoms with van der Waals surface area (Å²) in [6.45, 7) is 4.40. The summed E-state index contributed by atoms with van der Waals surface area (Å²) in [6, 6.07) is 0. The quantitative estimate of drug-likeness (QED) is 0.0160. The first-order chi connectivity index (χ1) is 27.5. The predicted molar refractivity (Wildman–Crippen MR) is 233 cm³/mol. The van der Waals surface area contributed by atoms with Crippen LogP contribution in [-0.2, 0) is 37.4 Å². The molecule has 0 aromatic carbocycles. The largest absolute Gasteiger partial charge is 0.472 e. The third kappa shape index (κ3) is 36.3. The highest BCUT2D eigenvalue weighted by atomic mass is 31.2. The first-order valence-corrected chi connectivity index (χ1v) is 25.0. The van der Waals surface area contributed by atoms with Crippen LogP contribution in [0.25, 0.3) is 0 Å². The van der Waals surface area contributed by atoms with Crippen LogP contribution in [0.2, 0.25) is 0 Å². The Morgan fingerprint density at radius 2 is 1.12 bits per heavy atom. The van der Waals surface area contributed by atoms with Gasteiger partial charge in [0.05, 0.1) is 40.0 Å². The number of epoxide rings is 1. The fraction of sp³-hybridized carbons (Fsp3) is 0.913. The average Bonchev–Trinajstić information content (AvgIpc) is 3.91. The smallest absolute Gasteiger partial charge is 0.462 e. The van der Waals surface area contributed by atoms with E-state index in [1.165, 1.54) is 116 Å². The summed E-state index contributed by atoms with van der Waals surface area (Å²) in [5.41, 5.74) is 0. The van der Waals surface area contributed by atoms with Crippen molar-refractivity contribution >= 4 is 19.8 Å². The minimum Gasteiger partial charge on any atom is -0.462 e. The van der Waals surface area contributed by atoms with Gasteiger partial charge in [0, 0.05) is 12.8 Å². The summed E-state index contributed by atoms with van der Waals surface area (Å²) < 4.78 is 40.1. The van der Waals surface area contributed by atoms with E-state index in [0.717, 1.165) is 57.8 Å². The summed E-state index contributed by atoms with van der Waals surface area (Å²) in [5, 5.41) is 0. The molecular formula is C46H89NO9P+. The van der Waals surface area contributed by atoms with Gasteiger partial charge in [0.2, 0.25) is 0 Å². The molecule has 1 N–H and O–H groups in total. The van der Waals surface area contributed by atoms with Crippen LogP contribution in [0.5, 0.6) is 0 Å². The van der Waals surface area contributed by atoms with Gasteiger partial charge in [-0.05, 0) is 38.5 Å². The average molecular weight is 831 g/mol. The van der Waals surface area contributed by atoms with Gasteiger partial charge in [0.1, 0.15) is 19.8 Å². The van der Waals surface area contributed by atoms with Crippen LogP contribution in [-0.4, -0.2) is 87.1 Å². The highest BCUT2D eigenvalue weighted by molar-refractivity contribution is 7.47. The summed E-state index contributed by atoms with van der Waals surface area (Å²) in [7, 11) is 1.47. The highest BCUT2D eigenvalue weighted by Crippen LogP contribution is 2.43. The normalized spacial score (nSPS) is 17.2. The SMILES string of the molecule is CCCCCCCCCCCCCCCCCCCC(=O)O[C@H](COC(=O)CCCCCCC/C=C\CC1OC1CCCCC)COP(=O)(O)OCC[N+](C)(C)C. The summed E-state index contributed by atoms with van der Waals surface area (Å²) in [6.07, 6.45) is 38.5. The number of esters is 2. The van der Waals surface area contributed by atoms with E-state index in [0.29, 0.717) is 29.7 Å². The molecule has 0 aromatic rings. The molecule has 11 heteroatoms. The molecule has 0 aliphatic carbocycles. The second-order valence-corrected chi connectivity index (χ2v) is 19.0. The number of hydrogen-bond acceptors (Lipinski definition) is 8. The Bertz CT molecular complexity index is 1050. The fourth-order valence-corrected chi connectivity index (χ4v) is 7.65. The number of allylic oxidation sites excluding steroid dienone is 1. The van der Waals surface area contributed by atoms with Crippen molar-refractivity contribution in [2.24, 2.45) is 0 Å². The first-order valence-electron chi connectivity index (χ1n) is 23.5. The minimum absolute atomic E-state index is 0.0300. The van der Waals surface area contributed by atoms with Gasteiger partial charge in [-0.1, -0.05) is 167 Å². The number of likely N-dealkylation sites (N-methyl/N-ethyl adjacent to an activating group) is 1. The fourth-order valence-electron chi connectivity index (χ4n) is 6.90. The third-order valence-corrected chi connectivity index (χ3v) is 11.7. The molecule has 10 nitrogen and oxygen atoms in total. The lowest BCUT2D eigenvalue weighted by atomic mass is 10.0. The molecule has 1 aliphatic heterocycles. The molecule has 57 heavy (non-hydrogen) atoms. The number of phosphoric ester groups is 1. The van der Waals surface area contributed by atoms with Crippen molar-refractivity contribution in [1.82, 2.24) is 0 Å². The van der Waals surface area contributed by atoms with Gasteiger partial charge in [0.25, 0.3) is 0 Å². The molecule has 1 saturated heterocycles. The molecule has 0 amide bonds. The van der Waals surface area contributed by atoms with Gasteiger partial charge < -0.3 is 23.6 Å². The number of quaternary nitrogens is 1. The first kappa shape index (κ1) is 53.7. The predicted octanol–water partition coefficient (Wildman–Crippen LogP) is 12.3. The lowest BCUT2D eigenvalue weighted by Gasteiger charge is -2.24. The maximum atomic E-state index is 12.7. The van der Waals surface area contributed by atoms with Crippen LogP contribution in [0.1, 0.15) is 206 Å². The van der Waals surface area contributed by atoms with E-state index < -0.39 is 26.5 Å². The minimum atomic E-state index is -4.38. The number of phosphoric acid groups is 1. The zero-order chi connectivity index (χ0) is 41.9. The second-order valence-electron chi connectivity index (χ2n) is 17.5. The van der Waals surface area contributed by atoms with Crippen LogP contribution < -0.4 is 0 Å². The Kier molecular flexibility index (Phi) is 33.4. The maximum absolute atomic E-state index is 12.7. The number of hydrogen-bond donors (Lipinski definition) is 1. The molecule has 1 aliphatic rings. The molecule has 0 aromatic heterocycles. The molecule has 1 heterocycles. The standard InChI is InChI=1S/C46H88NO9P/c1-6-8-10-11-12-13-14-15-16-17-18-19-20-21-26-29-33-37-46(49)55-42(41-54-57(50,51)53-39-38-47(3,4)5)40-52-45(48)36-32-28-25-23-22-24-27-31-35-44-43(56-44)34-30-9-7-2/h27,31,42-44H,6-26,28-30,32-41H2,1-5H3/p+1/b31-27-/t42-,43?,44?/m1/s1. The van der Waals surface area contributed by atoms with Gasteiger partial charge in [-0.2, -0.15) is 0 Å². The Morgan fingerprint density at radius 3 is 1.67 bits per heavy atom. The van der Waals surface area contributed by atoms with Crippen molar-refractivity contribution in [2.45, 2.75) is 225 Å². The molecular weight excluding hydrogens is 741 g/mol. The molecule has 1 fully saturated rings. The highest BCUT2D eigenvalue weighted by Gasteiger charge is 2.36. The lowest BCUT2D eigenvalue weighted by molar-refractivity contribution is -0.870. The van der Waals surface area contributed by atoms with Crippen LogP contribution in [0.15, 0.2) is 12.2 Å². The van der Waals surface area contributed by atoms with Crippen molar-refractivity contribution in [3.63, 3.8) is 0 Å². The van der Waals surface area contributed by atoms with Crippen molar-refractivity contribution < 1.29 is 46.8 Å². The Hall–Kier alpha value is -1.29. The number of rotatable bonds is 42. The number of nitrogens with zero attached hydrogens (tertiary/aromatic N) is 1. The molecule has 0 spiro atoms. The summed E-state index contributed by atoms with van der Waals surface area (Å²) in [5.74, 6) is -0.810. The molecule has 0 radical (unpaired) electrons. The maximum Gasteiger partial charge on any atom is 0.472 e. The van der Waals surface area contributed by atoms with Gasteiger partial charge in [-0.3, -0.25) is 18.6 Å². The molecule has 0 saturated carbocycles. The molecule has 4 atom stereocenters. The van der Waals surface area contributed by atoms with Crippen molar-refractivity contribution in [2.75, 3.05) is 47.5 Å². The topological polar surface area (TPSA) is 121 Å². The van der Waals surface area contributed by atoms with Crippen molar-refractivity contribution in [1.29, 1.82) is 0 Å². The van der Waals surface area contributed by atoms with Crippen LogP contribution in [0.4, 0.5) is 0 Å². The van der Waals surface area contributed by atoms with E-state index in [-0.39, 0.29) is 32.0 Å². The van der Waals surface area contributed by atoms with Crippen LogP contribution >= 0.6 is 7.82 Å². The molecule has 0 bridgehead atoms. The molecule has 1 rings (SSSR count). The number of carbonyl (C=O) groups excluding carboxylic acids is 2. The van der Waals surface area contributed by atoms with Crippen molar-refractivity contribution in [3.05, 3.63) is 12.2 Å². The number of unbranched alkanes of at least 4 members (excludes halogenated alkanes) is 23. The Balaban J connectivity index is 2.24. The van der Waals surface area contributed by atoms with E-state index in [1.54, 1.807) is 0 Å².